The van der Waals surface area contributed by atoms with E-state index in [1.54, 1.807) is 0 Å². The number of nitrogens with one attached hydrogen (secondary N) is 1. The molecule has 134 valence electrons. The van der Waals surface area contributed by atoms with E-state index in [2.05, 4.69) is 69.8 Å². The van der Waals surface area contributed by atoms with Gasteiger partial charge in [-0.3, -0.25) is 9.88 Å². The van der Waals surface area contributed by atoms with Crippen molar-refractivity contribution in [2.75, 3.05) is 31.6 Å². The van der Waals surface area contributed by atoms with Crippen molar-refractivity contribution < 1.29 is 4.74 Å². The van der Waals surface area contributed by atoms with Crippen LogP contribution in [-0.2, 0) is 11.3 Å². The molecule has 0 radical (unpaired) electrons. The van der Waals surface area contributed by atoms with Crippen LogP contribution < -0.4 is 5.32 Å². The molecule has 4 heteroatoms. The summed E-state index contributed by atoms with van der Waals surface area (Å²) in [6, 6.07) is 21.0. The lowest BCUT2D eigenvalue weighted by Gasteiger charge is -2.33. The Bertz CT molecular complexity index is 866. The summed E-state index contributed by atoms with van der Waals surface area (Å²) in [5, 5.41) is 4.75. The van der Waals surface area contributed by atoms with E-state index in [1.165, 1.54) is 5.56 Å². The van der Waals surface area contributed by atoms with Crippen molar-refractivity contribution in [3.05, 3.63) is 71.9 Å². The highest BCUT2D eigenvalue weighted by Crippen LogP contribution is 2.23. The Kier molecular flexibility index (Phi) is 5.14. The van der Waals surface area contributed by atoms with E-state index in [4.69, 9.17) is 4.74 Å². The second kappa shape index (κ2) is 7.85. The maximum Gasteiger partial charge on any atom is 0.0874 e. The van der Waals surface area contributed by atoms with Crippen molar-refractivity contribution in [1.29, 1.82) is 0 Å². The highest BCUT2D eigenvalue weighted by Gasteiger charge is 2.20. The zero-order chi connectivity index (χ0) is 17.8. The van der Waals surface area contributed by atoms with E-state index in [1.807, 2.05) is 13.0 Å². The molecule has 26 heavy (non-hydrogen) atoms. The molecule has 0 amide bonds. The van der Waals surface area contributed by atoms with Crippen molar-refractivity contribution in [3.63, 3.8) is 0 Å². The largest absolute Gasteiger partial charge is 0.382 e. The third-order valence-electron chi connectivity index (χ3n) is 4.84. The molecule has 1 atom stereocenters. The van der Waals surface area contributed by atoms with E-state index in [0.29, 0.717) is 0 Å². The van der Waals surface area contributed by atoms with Gasteiger partial charge >= 0.3 is 0 Å². The van der Waals surface area contributed by atoms with Crippen LogP contribution in [0.2, 0.25) is 0 Å². The minimum absolute atomic E-state index is 0.194. The fourth-order valence-corrected chi connectivity index (χ4v) is 3.57. The lowest BCUT2D eigenvalue weighted by molar-refractivity contribution is -0.0240. The molecule has 1 aliphatic rings. The van der Waals surface area contributed by atoms with Gasteiger partial charge in [0.05, 0.1) is 18.2 Å². The van der Waals surface area contributed by atoms with Crippen molar-refractivity contribution >= 4 is 16.6 Å². The first-order valence-electron chi connectivity index (χ1n) is 9.26. The Balaban J connectivity index is 1.40. The second-order valence-electron chi connectivity index (χ2n) is 6.92. The molecule has 2 heterocycles. The normalized spacial score (nSPS) is 18.1. The molecule has 1 aromatic heterocycles. The Labute approximate surface area is 154 Å². The van der Waals surface area contributed by atoms with Crippen LogP contribution in [0.25, 0.3) is 10.9 Å². The van der Waals surface area contributed by atoms with E-state index >= 15 is 0 Å². The van der Waals surface area contributed by atoms with Crippen LogP contribution in [0, 0.1) is 6.92 Å². The molecule has 3 aromatic rings. The summed E-state index contributed by atoms with van der Waals surface area (Å²) < 4.78 is 5.99. The van der Waals surface area contributed by atoms with E-state index in [0.717, 1.165) is 55.1 Å². The van der Waals surface area contributed by atoms with Crippen molar-refractivity contribution in [1.82, 2.24) is 9.88 Å². The number of aryl methyl sites for hydroxylation is 1. The third-order valence-corrected chi connectivity index (χ3v) is 4.84. The monoisotopic (exact) mass is 347 g/mol. The van der Waals surface area contributed by atoms with Gasteiger partial charge < -0.3 is 10.1 Å². The first-order chi connectivity index (χ1) is 12.8. The van der Waals surface area contributed by atoms with Crippen LogP contribution >= 0.6 is 0 Å². The van der Waals surface area contributed by atoms with Crippen LogP contribution in [0.3, 0.4) is 0 Å². The standard InChI is InChI=1S/C22H25N3O/c1-17-13-22(20-9-5-6-10-21(20)24-17)23-14-19-16-25(11-12-26-19)15-18-7-3-2-4-8-18/h2-10,13,19H,11-12,14-16H2,1H3,(H,23,24). The molecule has 4 nitrogen and oxygen atoms in total. The number of nitrogens with zero attached hydrogens (tertiary/aromatic N) is 2. The van der Waals surface area contributed by atoms with Gasteiger partial charge in [0.1, 0.15) is 0 Å². The quantitative estimate of drug-likeness (QED) is 0.761. The Morgan fingerprint density at radius 1 is 1.12 bits per heavy atom. The van der Waals surface area contributed by atoms with Crippen LogP contribution in [0.4, 0.5) is 5.69 Å². The number of hydrogen-bond acceptors (Lipinski definition) is 4. The maximum atomic E-state index is 5.99. The Morgan fingerprint density at radius 3 is 2.81 bits per heavy atom. The van der Waals surface area contributed by atoms with E-state index in [-0.39, 0.29) is 6.10 Å². The van der Waals surface area contributed by atoms with Crippen LogP contribution in [0.5, 0.6) is 0 Å². The van der Waals surface area contributed by atoms with Gasteiger partial charge in [0.25, 0.3) is 0 Å². The average molecular weight is 347 g/mol. The Hall–Kier alpha value is -2.43. The van der Waals surface area contributed by atoms with Crippen LogP contribution in [0.15, 0.2) is 60.7 Å². The topological polar surface area (TPSA) is 37.4 Å². The molecule has 2 aromatic carbocycles. The van der Waals surface area contributed by atoms with Gasteiger partial charge in [-0.25, -0.2) is 0 Å². The van der Waals surface area contributed by atoms with Crippen molar-refractivity contribution in [2.45, 2.75) is 19.6 Å². The van der Waals surface area contributed by atoms with Gasteiger partial charge in [0.15, 0.2) is 0 Å². The summed E-state index contributed by atoms with van der Waals surface area (Å²) in [7, 11) is 0. The number of aromatic nitrogens is 1. The summed E-state index contributed by atoms with van der Waals surface area (Å²) in [6.07, 6.45) is 0.194. The minimum atomic E-state index is 0.194. The number of morpholine rings is 1. The minimum Gasteiger partial charge on any atom is -0.382 e. The SMILES string of the molecule is Cc1cc(NCC2CN(Cc3ccccc3)CCO2)c2ccccc2n1. The summed E-state index contributed by atoms with van der Waals surface area (Å²) in [5.74, 6) is 0. The van der Waals surface area contributed by atoms with E-state index < -0.39 is 0 Å². The zero-order valence-electron chi connectivity index (χ0n) is 15.2. The summed E-state index contributed by atoms with van der Waals surface area (Å²) in [6.45, 7) is 6.55. The fraction of sp³-hybridized carbons (Fsp3) is 0.318. The zero-order valence-corrected chi connectivity index (χ0v) is 15.2. The number of para-hydroxylation sites is 1. The van der Waals surface area contributed by atoms with Crippen molar-refractivity contribution in [3.8, 4) is 0 Å². The average Bonchev–Trinajstić information content (AvgIpc) is 2.67. The molecule has 0 aliphatic carbocycles. The highest BCUT2D eigenvalue weighted by molar-refractivity contribution is 5.91. The predicted octanol–water partition coefficient (Wildman–Crippen LogP) is 3.86. The molecule has 0 saturated carbocycles. The van der Waals surface area contributed by atoms with Gasteiger partial charge in [-0.15, -0.1) is 0 Å². The number of ether oxygens (including phenoxy) is 1. The molecule has 1 fully saturated rings. The number of benzene rings is 2. The molecule has 0 spiro atoms. The lowest BCUT2D eigenvalue weighted by Crippen LogP contribution is -2.44. The molecule has 1 saturated heterocycles. The highest BCUT2D eigenvalue weighted by atomic mass is 16.5. The first kappa shape index (κ1) is 17.0. The third kappa shape index (κ3) is 4.03. The number of pyridine rings is 1. The van der Waals surface area contributed by atoms with Gasteiger partial charge in [0, 0.05) is 42.9 Å². The number of rotatable bonds is 5. The summed E-state index contributed by atoms with van der Waals surface area (Å²) in [4.78, 5) is 7.08. The maximum absolute atomic E-state index is 5.99. The Morgan fingerprint density at radius 2 is 1.92 bits per heavy atom. The van der Waals surface area contributed by atoms with E-state index in [9.17, 15) is 0 Å². The molecular weight excluding hydrogens is 322 g/mol. The van der Waals surface area contributed by atoms with Gasteiger partial charge in [-0.1, -0.05) is 48.5 Å². The van der Waals surface area contributed by atoms with Gasteiger partial charge in [-0.05, 0) is 24.6 Å². The molecule has 1 aliphatic heterocycles. The van der Waals surface area contributed by atoms with Crippen LogP contribution in [0.1, 0.15) is 11.3 Å². The number of fused-ring (bicyclic) bond motifs is 1. The number of hydrogen-bond donors (Lipinski definition) is 1. The predicted molar refractivity (Wildman–Crippen MR) is 106 cm³/mol. The van der Waals surface area contributed by atoms with Gasteiger partial charge in [-0.2, -0.15) is 0 Å². The smallest absolute Gasteiger partial charge is 0.0874 e. The van der Waals surface area contributed by atoms with Crippen LogP contribution in [-0.4, -0.2) is 42.2 Å². The van der Waals surface area contributed by atoms with Gasteiger partial charge in [0.2, 0.25) is 0 Å². The lowest BCUT2D eigenvalue weighted by atomic mass is 10.1. The molecule has 0 bridgehead atoms. The van der Waals surface area contributed by atoms with Crippen molar-refractivity contribution in [2.24, 2.45) is 0 Å². The molecular formula is C22H25N3O. The fourth-order valence-electron chi connectivity index (χ4n) is 3.57. The molecule has 1 N–H and O–H groups in total. The molecule has 4 rings (SSSR count). The summed E-state index contributed by atoms with van der Waals surface area (Å²) >= 11 is 0. The molecule has 1 unspecified atom stereocenters. The first-order valence-corrected chi connectivity index (χ1v) is 9.26. The number of anilines is 1. The second-order valence-corrected chi connectivity index (χ2v) is 6.92. The summed E-state index contributed by atoms with van der Waals surface area (Å²) in [5.41, 5.74) is 4.56.